The van der Waals surface area contributed by atoms with Crippen molar-refractivity contribution < 1.29 is 4.74 Å². The van der Waals surface area contributed by atoms with Crippen molar-refractivity contribution >= 4 is 23.2 Å². The molecule has 0 saturated heterocycles. The summed E-state index contributed by atoms with van der Waals surface area (Å²) in [6.07, 6.45) is 0. The molecule has 0 amide bonds. The summed E-state index contributed by atoms with van der Waals surface area (Å²) >= 11 is 11.2. The zero-order valence-electron chi connectivity index (χ0n) is 10.7. The molecule has 0 aromatic heterocycles. The van der Waals surface area contributed by atoms with Gasteiger partial charge in [-0.3, -0.25) is 0 Å². The molecule has 0 aliphatic carbocycles. The minimum absolute atomic E-state index is 0.302. The van der Waals surface area contributed by atoms with Gasteiger partial charge >= 0.3 is 0 Å². The summed E-state index contributed by atoms with van der Waals surface area (Å²) in [6, 6.07) is 7.96. The van der Waals surface area contributed by atoms with Crippen LogP contribution in [0.3, 0.4) is 0 Å². The summed E-state index contributed by atoms with van der Waals surface area (Å²) in [6.45, 7) is 6.58. The minimum atomic E-state index is 0.302. The van der Waals surface area contributed by atoms with Gasteiger partial charge in [0.2, 0.25) is 0 Å². The summed E-state index contributed by atoms with van der Waals surface area (Å²) in [5.41, 5.74) is 2.55. The number of hydrogen-bond acceptors (Lipinski definition) is 2. The van der Waals surface area contributed by atoms with Crippen molar-refractivity contribution in [1.29, 1.82) is 0 Å². The van der Waals surface area contributed by atoms with Gasteiger partial charge < -0.3 is 10.1 Å². The van der Waals surface area contributed by atoms with Crippen molar-refractivity contribution in [2.75, 3.05) is 13.2 Å². The minimum Gasteiger partial charge on any atom is -0.488 e. The second-order valence-electron chi connectivity index (χ2n) is 4.51. The van der Waals surface area contributed by atoms with Crippen LogP contribution in [0.5, 0.6) is 5.75 Å². The molecule has 2 nitrogen and oxygen atoms in total. The number of rotatable bonds is 7. The van der Waals surface area contributed by atoms with E-state index < -0.39 is 0 Å². The van der Waals surface area contributed by atoms with Crippen LogP contribution < -0.4 is 10.1 Å². The third-order valence-corrected chi connectivity index (χ3v) is 2.89. The molecule has 0 atom stereocenters. The first-order valence-corrected chi connectivity index (χ1v) is 6.80. The Hall–Kier alpha value is -0.700. The fraction of sp³-hybridized carbons (Fsp3) is 0.429. The predicted octanol–water partition coefficient (Wildman–Crippen LogP) is 4.13. The van der Waals surface area contributed by atoms with E-state index in [0.29, 0.717) is 17.6 Å². The van der Waals surface area contributed by atoms with E-state index in [1.807, 2.05) is 24.3 Å². The molecule has 1 aromatic rings. The van der Waals surface area contributed by atoms with E-state index in [4.69, 9.17) is 27.9 Å². The summed E-state index contributed by atoms with van der Waals surface area (Å²) in [5.74, 6) is 1.45. The Bertz CT molecular complexity index is 374. The van der Waals surface area contributed by atoms with Crippen LogP contribution in [0.1, 0.15) is 19.4 Å². The number of halogens is 2. The fourth-order valence-electron chi connectivity index (χ4n) is 1.39. The van der Waals surface area contributed by atoms with Gasteiger partial charge in [0.15, 0.2) is 0 Å². The predicted molar refractivity (Wildman–Crippen MR) is 78.3 cm³/mol. The number of ether oxygens (including phenoxy) is 1. The number of nitrogens with one attached hydrogen (secondary N) is 1. The Labute approximate surface area is 119 Å². The van der Waals surface area contributed by atoms with Crippen molar-refractivity contribution in [2.45, 2.75) is 20.4 Å². The molecule has 100 valence electrons. The topological polar surface area (TPSA) is 21.3 Å². The smallest absolute Gasteiger partial charge is 0.125 e. The standard InChI is InChI=1S/C14H19Cl2NO/c1-11(2)8-17-9-12-3-5-14(6-4-12)18-10-13(16)7-15/h3-7,11,17H,8-10H2,1-2H3. The maximum absolute atomic E-state index is 5.74. The van der Waals surface area contributed by atoms with Crippen molar-refractivity contribution in [2.24, 2.45) is 5.92 Å². The molecule has 0 bridgehead atoms. The fourth-order valence-corrected chi connectivity index (χ4v) is 1.51. The van der Waals surface area contributed by atoms with Crippen LogP contribution in [0.4, 0.5) is 0 Å². The quantitative estimate of drug-likeness (QED) is 0.814. The Morgan fingerprint density at radius 2 is 2.00 bits per heavy atom. The Kier molecular flexibility index (Phi) is 7.18. The van der Waals surface area contributed by atoms with Gasteiger partial charge in [0.05, 0.1) is 5.03 Å². The first-order chi connectivity index (χ1) is 8.61. The van der Waals surface area contributed by atoms with Gasteiger partial charge in [0.25, 0.3) is 0 Å². The van der Waals surface area contributed by atoms with Crippen LogP contribution >= 0.6 is 23.2 Å². The maximum atomic E-state index is 5.74. The zero-order chi connectivity index (χ0) is 13.4. The van der Waals surface area contributed by atoms with E-state index in [1.54, 1.807) is 0 Å². The highest BCUT2D eigenvalue weighted by atomic mass is 35.5. The monoisotopic (exact) mass is 287 g/mol. The number of benzene rings is 1. The molecule has 0 heterocycles. The molecule has 1 aromatic carbocycles. The van der Waals surface area contributed by atoms with Gasteiger partial charge in [-0.15, -0.1) is 0 Å². The van der Waals surface area contributed by atoms with E-state index in [9.17, 15) is 0 Å². The average molecular weight is 288 g/mol. The second kappa shape index (κ2) is 8.41. The molecule has 0 radical (unpaired) electrons. The van der Waals surface area contributed by atoms with E-state index in [2.05, 4.69) is 19.2 Å². The summed E-state index contributed by atoms with van der Waals surface area (Å²) in [4.78, 5) is 0. The number of hydrogen-bond donors (Lipinski definition) is 1. The molecule has 0 fully saturated rings. The van der Waals surface area contributed by atoms with Gasteiger partial charge in [0.1, 0.15) is 12.4 Å². The summed E-state index contributed by atoms with van der Waals surface area (Å²) in [5, 5.41) is 3.88. The Morgan fingerprint density at radius 3 is 2.56 bits per heavy atom. The second-order valence-corrected chi connectivity index (χ2v) is 5.22. The first-order valence-electron chi connectivity index (χ1n) is 5.99. The molecular weight excluding hydrogens is 269 g/mol. The van der Waals surface area contributed by atoms with Crippen molar-refractivity contribution in [3.8, 4) is 5.75 Å². The lowest BCUT2D eigenvalue weighted by atomic mass is 10.2. The molecular formula is C14H19Cl2NO. The SMILES string of the molecule is CC(C)CNCc1ccc(OCC(Cl)=CCl)cc1. The van der Waals surface area contributed by atoms with Crippen LogP contribution in [0.2, 0.25) is 0 Å². The molecule has 4 heteroatoms. The third kappa shape index (κ3) is 6.29. The normalized spacial score (nSPS) is 11.9. The highest BCUT2D eigenvalue weighted by Gasteiger charge is 1.98. The molecule has 1 N–H and O–H groups in total. The molecule has 0 aliphatic heterocycles. The highest BCUT2D eigenvalue weighted by Crippen LogP contribution is 2.14. The van der Waals surface area contributed by atoms with Gasteiger partial charge in [-0.2, -0.15) is 0 Å². The summed E-state index contributed by atoms with van der Waals surface area (Å²) in [7, 11) is 0. The first kappa shape index (κ1) is 15.4. The molecule has 1 rings (SSSR count). The Morgan fingerprint density at radius 1 is 1.33 bits per heavy atom. The highest BCUT2D eigenvalue weighted by molar-refractivity contribution is 6.36. The van der Waals surface area contributed by atoms with Crippen molar-refractivity contribution in [3.05, 3.63) is 40.4 Å². The van der Waals surface area contributed by atoms with Gasteiger partial charge in [0, 0.05) is 12.1 Å². The van der Waals surface area contributed by atoms with Crippen LogP contribution in [0.25, 0.3) is 0 Å². The Balaban J connectivity index is 2.37. The maximum Gasteiger partial charge on any atom is 0.125 e. The lowest BCUT2D eigenvalue weighted by Gasteiger charge is -2.09. The van der Waals surface area contributed by atoms with Gasteiger partial charge in [-0.25, -0.2) is 0 Å². The van der Waals surface area contributed by atoms with Crippen molar-refractivity contribution in [1.82, 2.24) is 5.32 Å². The molecule has 0 aliphatic rings. The molecule has 0 spiro atoms. The van der Waals surface area contributed by atoms with Crippen molar-refractivity contribution in [3.63, 3.8) is 0 Å². The molecule has 0 unspecified atom stereocenters. The van der Waals surface area contributed by atoms with E-state index in [1.165, 1.54) is 11.1 Å². The largest absolute Gasteiger partial charge is 0.488 e. The van der Waals surface area contributed by atoms with Crippen LogP contribution in [0, 0.1) is 5.92 Å². The zero-order valence-corrected chi connectivity index (χ0v) is 12.3. The lowest BCUT2D eigenvalue weighted by molar-refractivity contribution is 0.359. The van der Waals surface area contributed by atoms with E-state index >= 15 is 0 Å². The van der Waals surface area contributed by atoms with Gasteiger partial charge in [-0.05, 0) is 30.2 Å². The van der Waals surface area contributed by atoms with Crippen LogP contribution in [0.15, 0.2) is 34.8 Å². The third-order valence-electron chi connectivity index (χ3n) is 2.30. The van der Waals surface area contributed by atoms with Gasteiger partial charge in [-0.1, -0.05) is 49.2 Å². The summed E-state index contributed by atoms with van der Waals surface area (Å²) < 4.78 is 5.45. The molecule has 0 saturated carbocycles. The van der Waals surface area contributed by atoms with E-state index in [-0.39, 0.29) is 0 Å². The van der Waals surface area contributed by atoms with E-state index in [0.717, 1.165) is 18.8 Å². The molecule has 18 heavy (non-hydrogen) atoms. The van der Waals surface area contributed by atoms with Crippen LogP contribution in [-0.2, 0) is 6.54 Å². The van der Waals surface area contributed by atoms with Crippen LogP contribution in [-0.4, -0.2) is 13.2 Å². The lowest BCUT2D eigenvalue weighted by Crippen LogP contribution is -2.18. The average Bonchev–Trinajstić information content (AvgIpc) is 2.37.